The summed E-state index contributed by atoms with van der Waals surface area (Å²) in [6.07, 6.45) is 3.04. The SMILES string of the molecule is CC(C)[C@@H]1NC(=O)C(C)(C)c2cccc(c2)-c2cc3cc(ccc3cn2)[C@@H](C)NC(=O)C2CCCN(N2)C(=O)[C@H](C)NC1=O. The number of nitrogens with zero attached hydrogens (tertiary/aromatic N) is 2. The highest BCUT2D eigenvalue weighted by molar-refractivity contribution is 5.95. The van der Waals surface area contributed by atoms with Crippen molar-refractivity contribution in [1.29, 1.82) is 0 Å². The molecule has 1 saturated heterocycles. The largest absolute Gasteiger partial charge is 0.348 e. The first kappa shape index (κ1) is 31.1. The lowest BCUT2D eigenvalue weighted by atomic mass is 9.82. The fourth-order valence-corrected chi connectivity index (χ4v) is 5.77. The Labute approximate surface area is 258 Å². The van der Waals surface area contributed by atoms with Crippen LogP contribution in [0.25, 0.3) is 22.0 Å². The van der Waals surface area contributed by atoms with Crippen LogP contribution in [-0.2, 0) is 24.6 Å². The van der Waals surface area contributed by atoms with Crippen LogP contribution in [0, 0.1) is 5.92 Å². The molecular weight excluding hydrogens is 556 g/mol. The summed E-state index contributed by atoms with van der Waals surface area (Å²) >= 11 is 0. The zero-order chi connectivity index (χ0) is 31.8. The second-order valence-corrected chi connectivity index (χ2v) is 12.9. The minimum atomic E-state index is -0.966. The minimum Gasteiger partial charge on any atom is -0.348 e. The minimum absolute atomic E-state index is 0.202. The molecule has 2 aliphatic rings. The van der Waals surface area contributed by atoms with E-state index in [1.807, 2.05) is 83.3 Å². The molecule has 232 valence electrons. The smallest absolute Gasteiger partial charge is 0.258 e. The molecule has 3 heterocycles. The Kier molecular flexibility index (Phi) is 8.74. The van der Waals surface area contributed by atoms with E-state index in [0.29, 0.717) is 19.4 Å². The van der Waals surface area contributed by atoms with Crippen molar-refractivity contribution < 1.29 is 19.2 Å². The Morgan fingerprint density at radius 1 is 0.886 bits per heavy atom. The summed E-state index contributed by atoms with van der Waals surface area (Å²) in [5.41, 5.74) is 5.44. The molecule has 44 heavy (non-hydrogen) atoms. The molecule has 2 aromatic carbocycles. The summed E-state index contributed by atoms with van der Waals surface area (Å²) in [5, 5.41) is 12.2. The Hall–Kier alpha value is -4.31. The van der Waals surface area contributed by atoms with Crippen molar-refractivity contribution in [2.24, 2.45) is 5.92 Å². The average molecular weight is 599 g/mol. The molecule has 0 spiro atoms. The maximum atomic E-state index is 13.7. The molecule has 2 aliphatic heterocycles. The van der Waals surface area contributed by atoms with E-state index in [1.165, 1.54) is 5.01 Å². The van der Waals surface area contributed by atoms with Crippen LogP contribution in [0.1, 0.15) is 71.6 Å². The summed E-state index contributed by atoms with van der Waals surface area (Å²) in [4.78, 5) is 58.5. The summed E-state index contributed by atoms with van der Waals surface area (Å²) in [7, 11) is 0. The third-order valence-corrected chi connectivity index (χ3v) is 8.79. The Morgan fingerprint density at radius 2 is 1.64 bits per heavy atom. The number of carbonyl (C=O) groups is 4. The standard InChI is InChI=1S/C34H42N6O4/c1-19(2)29-31(42)37-21(4)32(43)40-14-8-11-27(39-40)30(41)36-20(3)22-12-13-24-18-35-28(17-25(24)15-22)23-9-7-10-26(16-23)34(5,6)33(44)38-29/h7,9-10,12-13,15-21,27,29,39H,8,11,14H2,1-6H3,(H,36,41)(H,37,42)(H,38,44)/t20-,21+,27?,29+/m1/s1. The van der Waals surface area contributed by atoms with Crippen molar-refractivity contribution in [3.63, 3.8) is 0 Å². The van der Waals surface area contributed by atoms with Gasteiger partial charge in [0.05, 0.1) is 17.2 Å². The highest BCUT2D eigenvalue weighted by Gasteiger charge is 2.36. The third kappa shape index (κ3) is 6.31. The number of amides is 4. The van der Waals surface area contributed by atoms with Crippen LogP contribution < -0.4 is 21.4 Å². The molecule has 4 amide bonds. The van der Waals surface area contributed by atoms with Gasteiger partial charge in [0.2, 0.25) is 17.7 Å². The first-order valence-corrected chi connectivity index (χ1v) is 15.3. The number of carbonyl (C=O) groups excluding carboxylic acids is 4. The van der Waals surface area contributed by atoms with Gasteiger partial charge in [0.25, 0.3) is 5.91 Å². The van der Waals surface area contributed by atoms with Crippen LogP contribution in [0.2, 0.25) is 0 Å². The molecule has 10 nitrogen and oxygen atoms in total. The summed E-state index contributed by atoms with van der Waals surface area (Å²) in [6, 6.07) is 13.2. The maximum absolute atomic E-state index is 13.7. The van der Waals surface area contributed by atoms with Crippen molar-refractivity contribution in [2.45, 2.75) is 84.0 Å². The predicted molar refractivity (Wildman–Crippen MR) is 169 cm³/mol. The molecule has 1 aromatic heterocycles. The lowest BCUT2D eigenvalue weighted by molar-refractivity contribution is -0.143. The Morgan fingerprint density at radius 3 is 2.39 bits per heavy atom. The number of aromatic nitrogens is 1. The normalized spacial score (nSPS) is 24.8. The average Bonchev–Trinajstić information content (AvgIpc) is 3.01. The molecule has 5 rings (SSSR count). The highest BCUT2D eigenvalue weighted by atomic mass is 16.2. The predicted octanol–water partition coefficient (Wildman–Crippen LogP) is 3.51. The Balaban J connectivity index is 1.55. The van der Waals surface area contributed by atoms with Crippen molar-refractivity contribution in [1.82, 2.24) is 31.4 Å². The number of hydrogen-bond acceptors (Lipinski definition) is 6. The number of benzene rings is 2. The van der Waals surface area contributed by atoms with Crippen molar-refractivity contribution in [2.75, 3.05) is 6.54 Å². The van der Waals surface area contributed by atoms with E-state index in [2.05, 4.69) is 27.4 Å². The molecular formula is C34H42N6O4. The first-order chi connectivity index (χ1) is 20.8. The lowest BCUT2D eigenvalue weighted by Crippen LogP contribution is -2.62. The molecule has 4 N–H and O–H groups in total. The third-order valence-electron chi connectivity index (χ3n) is 8.79. The van der Waals surface area contributed by atoms with Crippen molar-refractivity contribution in [3.05, 3.63) is 65.9 Å². The van der Waals surface area contributed by atoms with E-state index >= 15 is 0 Å². The van der Waals surface area contributed by atoms with Crippen LogP contribution in [-0.4, -0.2) is 58.3 Å². The number of fused-ring (bicyclic) bond motifs is 7. The topological polar surface area (TPSA) is 133 Å². The van der Waals surface area contributed by atoms with E-state index < -0.39 is 29.4 Å². The van der Waals surface area contributed by atoms with E-state index in [9.17, 15) is 19.2 Å². The molecule has 3 aromatic rings. The van der Waals surface area contributed by atoms with Gasteiger partial charge in [0.15, 0.2) is 0 Å². The van der Waals surface area contributed by atoms with Crippen LogP contribution >= 0.6 is 0 Å². The molecule has 1 unspecified atom stereocenters. The van der Waals surface area contributed by atoms with Crippen LogP contribution in [0.4, 0.5) is 0 Å². The van der Waals surface area contributed by atoms with Crippen LogP contribution in [0.15, 0.2) is 54.7 Å². The lowest BCUT2D eigenvalue weighted by Gasteiger charge is -2.35. The number of hydrogen-bond donors (Lipinski definition) is 4. The first-order valence-electron chi connectivity index (χ1n) is 15.3. The monoisotopic (exact) mass is 598 g/mol. The van der Waals surface area contributed by atoms with E-state index in [4.69, 9.17) is 4.98 Å². The van der Waals surface area contributed by atoms with Gasteiger partial charge in [-0.05, 0) is 81.2 Å². The van der Waals surface area contributed by atoms with E-state index in [-0.39, 0.29) is 29.7 Å². The maximum Gasteiger partial charge on any atom is 0.258 e. The van der Waals surface area contributed by atoms with Gasteiger partial charge in [0.1, 0.15) is 18.1 Å². The molecule has 0 saturated carbocycles. The molecule has 10 heteroatoms. The van der Waals surface area contributed by atoms with Gasteiger partial charge < -0.3 is 16.0 Å². The molecule has 1 fully saturated rings. The molecule has 0 aliphatic carbocycles. The quantitative estimate of drug-likeness (QED) is 0.339. The Bertz CT molecular complexity index is 1600. The van der Waals surface area contributed by atoms with Crippen molar-refractivity contribution in [3.8, 4) is 11.3 Å². The van der Waals surface area contributed by atoms with Crippen molar-refractivity contribution >= 4 is 34.4 Å². The van der Waals surface area contributed by atoms with Gasteiger partial charge in [-0.2, -0.15) is 0 Å². The zero-order valence-electron chi connectivity index (χ0n) is 26.2. The summed E-state index contributed by atoms with van der Waals surface area (Å²) in [5.74, 6) is -1.54. The molecule has 0 radical (unpaired) electrons. The fraction of sp³-hybridized carbons (Fsp3) is 0.441. The van der Waals surface area contributed by atoms with Gasteiger partial charge in [-0.3, -0.25) is 29.2 Å². The van der Waals surface area contributed by atoms with E-state index in [1.54, 1.807) is 6.92 Å². The second kappa shape index (κ2) is 12.4. The summed E-state index contributed by atoms with van der Waals surface area (Å²) < 4.78 is 0. The zero-order valence-corrected chi connectivity index (χ0v) is 26.2. The van der Waals surface area contributed by atoms with Crippen LogP contribution in [0.3, 0.4) is 0 Å². The van der Waals surface area contributed by atoms with Gasteiger partial charge in [-0.25, -0.2) is 5.43 Å². The van der Waals surface area contributed by atoms with Gasteiger partial charge in [-0.15, -0.1) is 0 Å². The van der Waals surface area contributed by atoms with Gasteiger partial charge in [-0.1, -0.05) is 44.2 Å². The molecule has 7 bridgehead atoms. The number of hydrazine groups is 1. The second-order valence-electron chi connectivity index (χ2n) is 12.9. The summed E-state index contributed by atoms with van der Waals surface area (Å²) in [6.45, 7) is 11.3. The van der Waals surface area contributed by atoms with E-state index in [0.717, 1.165) is 33.2 Å². The number of nitrogens with one attached hydrogen (secondary N) is 4. The van der Waals surface area contributed by atoms with Gasteiger partial charge >= 0.3 is 0 Å². The van der Waals surface area contributed by atoms with Crippen LogP contribution in [0.5, 0.6) is 0 Å². The number of pyridine rings is 1. The molecule has 4 atom stereocenters. The highest BCUT2D eigenvalue weighted by Crippen LogP contribution is 2.30. The number of rotatable bonds is 1. The fourth-order valence-electron chi connectivity index (χ4n) is 5.77. The van der Waals surface area contributed by atoms with Gasteiger partial charge in [0, 0.05) is 23.7 Å².